The Labute approximate surface area is 97.2 Å². The molecule has 3 atom stereocenters. The van der Waals surface area contributed by atoms with Crippen LogP contribution >= 0.6 is 11.8 Å². The van der Waals surface area contributed by atoms with E-state index in [0.717, 1.165) is 13.0 Å². The number of nitrogens with zero attached hydrogens (tertiary/aromatic N) is 1. The van der Waals surface area contributed by atoms with Crippen molar-refractivity contribution in [3.05, 3.63) is 0 Å². The zero-order chi connectivity index (χ0) is 11.9. The third kappa shape index (κ3) is 6.03. The minimum absolute atomic E-state index is 0.168. The monoisotopic (exact) mass is 230 g/mol. The molecule has 0 aliphatic carbocycles. The van der Waals surface area contributed by atoms with E-state index in [4.69, 9.17) is 5.26 Å². The van der Waals surface area contributed by atoms with Crippen LogP contribution in [-0.2, 0) is 0 Å². The molecule has 0 aliphatic heterocycles. The predicted molar refractivity (Wildman–Crippen MR) is 65.9 cm³/mol. The molecular formula is C11H22N2OS. The van der Waals surface area contributed by atoms with Crippen molar-refractivity contribution in [1.29, 1.82) is 5.26 Å². The lowest BCUT2D eigenvalue weighted by Crippen LogP contribution is -2.44. The van der Waals surface area contributed by atoms with Gasteiger partial charge in [-0.2, -0.15) is 17.0 Å². The van der Waals surface area contributed by atoms with Crippen LogP contribution in [0.3, 0.4) is 0 Å². The predicted octanol–water partition coefficient (Wildman–Crippen LogP) is 1.77. The second-order valence-corrected chi connectivity index (χ2v) is 5.49. The van der Waals surface area contributed by atoms with Crippen molar-refractivity contribution in [2.45, 2.75) is 51.0 Å². The zero-order valence-electron chi connectivity index (χ0n) is 10.1. The van der Waals surface area contributed by atoms with Crippen molar-refractivity contribution in [3.8, 4) is 6.07 Å². The van der Waals surface area contributed by atoms with Crippen LogP contribution in [0, 0.1) is 11.3 Å². The van der Waals surface area contributed by atoms with Gasteiger partial charge in [0.15, 0.2) is 0 Å². The lowest BCUT2D eigenvalue weighted by atomic mass is 10.1. The molecule has 88 valence electrons. The van der Waals surface area contributed by atoms with E-state index in [-0.39, 0.29) is 11.4 Å². The maximum absolute atomic E-state index is 9.34. The fourth-order valence-corrected chi connectivity index (χ4v) is 2.00. The molecule has 0 saturated heterocycles. The number of nitrogens with one attached hydrogen (secondary N) is 1. The fourth-order valence-electron chi connectivity index (χ4n) is 0.961. The van der Waals surface area contributed by atoms with Crippen LogP contribution in [0.4, 0.5) is 0 Å². The average Bonchev–Trinajstić information content (AvgIpc) is 2.22. The summed E-state index contributed by atoms with van der Waals surface area (Å²) in [7, 11) is 0. The highest BCUT2D eigenvalue weighted by molar-refractivity contribution is 8.00. The summed E-state index contributed by atoms with van der Waals surface area (Å²) in [5, 5.41) is 21.8. The minimum atomic E-state index is -0.482. The topological polar surface area (TPSA) is 56.0 Å². The Morgan fingerprint density at radius 3 is 2.53 bits per heavy atom. The molecule has 0 aromatic rings. The summed E-state index contributed by atoms with van der Waals surface area (Å²) >= 11 is 1.63. The van der Waals surface area contributed by atoms with Crippen molar-refractivity contribution < 1.29 is 5.11 Å². The largest absolute Gasteiger partial charge is 0.392 e. The van der Waals surface area contributed by atoms with Gasteiger partial charge in [-0.25, -0.2) is 0 Å². The second-order valence-electron chi connectivity index (χ2n) is 4.13. The molecule has 0 aromatic carbocycles. The van der Waals surface area contributed by atoms with Crippen molar-refractivity contribution in [3.63, 3.8) is 0 Å². The Morgan fingerprint density at radius 1 is 1.53 bits per heavy atom. The van der Waals surface area contributed by atoms with Crippen molar-refractivity contribution in [2.75, 3.05) is 12.3 Å². The Bertz CT molecular complexity index is 215. The Hall–Kier alpha value is -0.240. The third-order valence-electron chi connectivity index (χ3n) is 2.33. The summed E-state index contributed by atoms with van der Waals surface area (Å²) in [6.07, 6.45) is 0.692. The van der Waals surface area contributed by atoms with Crippen molar-refractivity contribution >= 4 is 11.8 Å². The smallest absolute Gasteiger partial charge is 0.113 e. The SMILES string of the molecule is CCCNC(C)(C#N)CSC(C)C(C)O. The van der Waals surface area contributed by atoms with Crippen LogP contribution in [0.25, 0.3) is 0 Å². The van der Waals surface area contributed by atoms with Crippen LogP contribution in [0.15, 0.2) is 0 Å². The van der Waals surface area contributed by atoms with Gasteiger partial charge in [0.05, 0.1) is 12.2 Å². The molecule has 0 fully saturated rings. The molecule has 0 heterocycles. The second kappa shape index (κ2) is 7.10. The number of hydrogen-bond acceptors (Lipinski definition) is 4. The van der Waals surface area contributed by atoms with E-state index in [2.05, 4.69) is 18.3 Å². The van der Waals surface area contributed by atoms with Gasteiger partial charge < -0.3 is 5.11 Å². The van der Waals surface area contributed by atoms with Crippen LogP contribution < -0.4 is 5.32 Å². The van der Waals surface area contributed by atoms with Gasteiger partial charge in [0, 0.05) is 11.0 Å². The molecule has 0 saturated carbocycles. The molecule has 3 unspecified atom stereocenters. The first-order valence-electron chi connectivity index (χ1n) is 5.41. The summed E-state index contributed by atoms with van der Waals surface area (Å²) in [6.45, 7) is 8.60. The molecule has 0 aromatic heterocycles. The first-order valence-corrected chi connectivity index (χ1v) is 6.46. The van der Waals surface area contributed by atoms with E-state index in [1.165, 1.54) is 0 Å². The molecule has 0 radical (unpaired) electrons. The summed E-state index contributed by atoms with van der Waals surface area (Å²) in [5.41, 5.74) is -0.482. The third-order valence-corrected chi connectivity index (χ3v) is 3.99. The maximum Gasteiger partial charge on any atom is 0.113 e. The van der Waals surface area contributed by atoms with E-state index in [9.17, 15) is 5.11 Å². The normalized spacial score (nSPS) is 18.9. The lowest BCUT2D eigenvalue weighted by molar-refractivity contribution is 0.196. The Morgan fingerprint density at radius 2 is 2.13 bits per heavy atom. The van der Waals surface area contributed by atoms with Crippen molar-refractivity contribution in [2.24, 2.45) is 0 Å². The number of aliphatic hydroxyl groups is 1. The molecule has 0 rings (SSSR count). The first kappa shape index (κ1) is 14.8. The van der Waals surface area contributed by atoms with Gasteiger partial charge >= 0.3 is 0 Å². The first-order chi connectivity index (χ1) is 6.95. The zero-order valence-corrected chi connectivity index (χ0v) is 10.9. The quantitative estimate of drug-likeness (QED) is 0.700. The molecule has 0 aliphatic rings. The number of aliphatic hydroxyl groups excluding tert-OH is 1. The van der Waals surface area contributed by atoms with Gasteiger partial charge in [0.2, 0.25) is 0 Å². The molecule has 0 spiro atoms. The highest BCUT2D eigenvalue weighted by atomic mass is 32.2. The van der Waals surface area contributed by atoms with Crippen molar-refractivity contribution in [1.82, 2.24) is 5.32 Å². The van der Waals surface area contributed by atoms with Gasteiger partial charge in [-0.3, -0.25) is 5.32 Å². The summed E-state index contributed by atoms with van der Waals surface area (Å²) < 4.78 is 0. The highest BCUT2D eigenvalue weighted by Gasteiger charge is 2.24. The number of thioether (sulfide) groups is 1. The van der Waals surface area contributed by atoms with Gasteiger partial charge in [0.25, 0.3) is 0 Å². The molecule has 15 heavy (non-hydrogen) atoms. The van der Waals surface area contributed by atoms with Crippen LogP contribution in [0.5, 0.6) is 0 Å². The average molecular weight is 230 g/mol. The van der Waals surface area contributed by atoms with Crippen LogP contribution in [0.2, 0.25) is 0 Å². The van der Waals surface area contributed by atoms with Gasteiger partial charge in [-0.05, 0) is 26.8 Å². The van der Waals surface area contributed by atoms with E-state index >= 15 is 0 Å². The number of nitriles is 1. The molecule has 4 heteroatoms. The standard InChI is InChI=1S/C11H22N2OS/c1-5-6-13-11(4,7-12)8-15-10(3)9(2)14/h9-10,13-14H,5-6,8H2,1-4H3. The van der Waals surface area contributed by atoms with Gasteiger partial charge in [-0.1, -0.05) is 13.8 Å². The van der Waals surface area contributed by atoms with Gasteiger partial charge in [0.1, 0.15) is 5.54 Å². The van der Waals surface area contributed by atoms with E-state index in [1.54, 1.807) is 18.7 Å². The Kier molecular flexibility index (Phi) is 6.99. The Balaban J connectivity index is 4.04. The van der Waals surface area contributed by atoms with Gasteiger partial charge in [-0.15, -0.1) is 0 Å². The van der Waals surface area contributed by atoms with E-state index in [1.807, 2.05) is 13.8 Å². The van der Waals surface area contributed by atoms with E-state index < -0.39 is 5.54 Å². The summed E-state index contributed by atoms with van der Waals surface area (Å²) in [6, 6.07) is 2.29. The fraction of sp³-hybridized carbons (Fsp3) is 0.909. The highest BCUT2D eigenvalue weighted by Crippen LogP contribution is 2.19. The van der Waals surface area contributed by atoms with E-state index in [0.29, 0.717) is 5.75 Å². The maximum atomic E-state index is 9.34. The van der Waals surface area contributed by atoms with Crippen LogP contribution in [-0.4, -0.2) is 34.3 Å². The minimum Gasteiger partial charge on any atom is -0.392 e. The number of hydrogen-bond donors (Lipinski definition) is 2. The molecular weight excluding hydrogens is 208 g/mol. The summed E-state index contributed by atoms with van der Waals surface area (Å²) in [4.78, 5) is 0. The molecule has 0 amide bonds. The molecule has 3 nitrogen and oxygen atoms in total. The number of rotatable bonds is 7. The lowest BCUT2D eigenvalue weighted by Gasteiger charge is -2.25. The van der Waals surface area contributed by atoms with Crippen LogP contribution in [0.1, 0.15) is 34.1 Å². The molecule has 2 N–H and O–H groups in total. The molecule has 0 bridgehead atoms. The summed E-state index contributed by atoms with van der Waals surface area (Å²) in [5.74, 6) is 0.704.